The van der Waals surface area contributed by atoms with Gasteiger partial charge in [-0.25, -0.2) is 4.98 Å². The van der Waals surface area contributed by atoms with Crippen LogP contribution in [0.5, 0.6) is 0 Å². The summed E-state index contributed by atoms with van der Waals surface area (Å²) >= 11 is 13.0. The number of nitrogen functional groups attached to an aromatic ring is 1. The molecular formula is C13H7Br2ClN2O. The highest BCUT2D eigenvalue weighted by Crippen LogP contribution is 2.36. The Labute approximate surface area is 131 Å². The van der Waals surface area contributed by atoms with Crippen LogP contribution in [0.4, 0.5) is 5.69 Å². The van der Waals surface area contributed by atoms with Crippen LogP contribution in [0.25, 0.3) is 22.6 Å². The molecule has 0 spiro atoms. The van der Waals surface area contributed by atoms with Crippen LogP contribution < -0.4 is 5.73 Å². The highest BCUT2D eigenvalue weighted by atomic mass is 79.9. The second kappa shape index (κ2) is 4.81. The van der Waals surface area contributed by atoms with Crippen molar-refractivity contribution in [2.24, 2.45) is 0 Å². The zero-order valence-electron chi connectivity index (χ0n) is 9.45. The second-order valence-electron chi connectivity index (χ2n) is 3.96. The Bertz CT molecular complexity index is 786. The number of rotatable bonds is 1. The van der Waals surface area contributed by atoms with E-state index in [9.17, 15) is 0 Å². The molecule has 2 aromatic carbocycles. The van der Waals surface area contributed by atoms with Gasteiger partial charge in [-0.2, -0.15) is 0 Å². The molecule has 96 valence electrons. The first-order valence-corrected chi connectivity index (χ1v) is 7.32. The Morgan fingerprint density at radius 3 is 2.79 bits per heavy atom. The molecule has 1 heterocycles. The second-order valence-corrected chi connectivity index (χ2v) is 6.11. The van der Waals surface area contributed by atoms with Gasteiger partial charge in [0.05, 0.1) is 16.3 Å². The number of nitrogens with two attached hydrogens (primary N) is 1. The van der Waals surface area contributed by atoms with Gasteiger partial charge in [-0.3, -0.25) is 0 Å². The molecule has 3 aromatic rings. The quantitative estimate of drug-likeness (QED) is 0.565. The zero-order chi connectivity index (χ0) is 13.6. The average Bonchev–Trinajstić information content (AvgIpc) is 2.76. The highest BCUT2D eigenvalue weighted by molar-refractivity contribution is 9.10. The predicted molar refractivity (Wildman–Crippen MR) is 84.3 cm³/mol. The molecule has 0 unspecified atom stereocenters. The number of benzene rings is 2. The van der Waals surface area contributed by atoms with E-state index < -0.39 is 0 Å². The smallest absolute Gasteiger partial charge is 0.228 e. The summed E-state index contributed by atoms with van der Waals surface area (Å²) in [6.45, 7) is 0. The van der Waals surface area contributed by atoms with Crippen molar-refractivity contribution in [2.75, 3.05) is 5.73 Å². The lowest BCUT2D eigenvalue weighted by Gasteiger charge is -2.00. The normalized spacial score (nSPS) is 11.1. The van der Waals surface area contributed by atoms with E-state index in [1.54, 1.807) is 6.07 Å². The average molecular weight is 402 g/mol. The van der Waals surface area contributed by atoms with Crippen LogP contribution in [0.3, 0.4) is 0 Å². The van der Waals surface area contributed by atoms with E-state index in [4.69, 9.17) is 21.8 Å². The van der Waals surface area contributed by atoms with Crippen LogP contribution in [0.2, 0.25) is 5.02 Å². The molecule has 3 rings (SSSR count). The first kappa shape index (κ1) is 13.0. The van der Waals surface area contributed by atoms with E-state index in [1.807, 2.05) is 24.3 Å². The topological polar surface area (TPSA) is 52.0 Å². The molecule has 0 atom stereocenters. The summed E-state index contributed by atoms with van der Waals surface area (Å²) in [7, 11) is 0. The molecule has 0 saturated carbocycles. The standard InChI is InChI=1S/C13H7Br2ClN2O/c14-6-4-9(17)12-10(5-6)18-13(19-12)7-2-1-3-8(15)11(7)16/h1-5H,17H2. The Hall–Kier alpha value is -1.04. The van der Waals surface area contributed by atoms with Crippen molar-refractivity contribution in [1.29, 1.82) is 0 Å². The molecule has 3 nitrogen and oxygen atoms in total. The van der Waals surface area contributed by atoms with Crippen molar-refractivity contribution in [1.82, 2.24) is 4.98 Å². The van der Waals surface area contributed by atoms with Crippen molar-refractivity contribution in [3.63, 3.8) is 0 Å². The molecule has 6 heteroatoms. The summed E-state index contributed by atoms with van der Waals surface area (Å²) in [4.78, 5) is 4.42. The van der Waals surface area contributed by atoms with Gasteiger partial charge < -0.3 is 10.2 Å². The van der Waals surface area contributed by atoms with Crippen LogP contribution in [-0.4, -0.2) is 4.98 Å². The maximum absolute atomic E-state index is 6.24. The fourth-order valence-corrected chi connectivity index (χ4v) is 2.84. The van der Waals surface area contributed by atoms with E-state index in [-0.39, 0.29) is 0 Å². The maximum atomic E-state index is 6.24. The molecular weight excluding hydrogens is 395 g/mol. The number of oxazole rings is 1. The Morgan fingerprint density at radius 1 is 1.21 bits per heavy atom. The first-order chi connectivity index (χ1) is 9.06. The Kier molecular flexibility index (Phi) is 3.28. The molecule has 2 N–H and O–H groups in total. The Morgan fingerprint density at radius 2 is 2.00 bits per heavy atom. The minimum atomic E-state index is 0.450. The number of halogens is 3. The van der Waals surface area contributed by atoms with Crippen LogP contribution in [-0.2, 0) is 0 Å². The van der Waals surface area contributed by atoms with Crippen molar-refractivity contribution >= 4 is 60.2 Å². The van der Waals surface area contributed by atoms with Gasteiger partial charge in [0.2, 0.25) is 5.89 Å². The van der Waals surface area contributed by atoms with Crippen LogP contribution in [0.1, 0.15) is 0 Å². The summed E-state index contributed by atoms with van der Waals surface area (Å²) in [6, 6.07) is 9.21. The number of hydrogen-bond donors (Lipinski definition) is 1. The van der Waals surface area contributed by atoms with Crippen LogP contribution >= 0.6 is 43.5 Å². The zero-order valence-corrected chi connectivity index (χ0v) is 13.4. The van der Waals surface area contributed by atoms with E-state index in [0.29, 0.717) is 27.7 Å². The molecule has 0 amide bonds. The molecule has 0 aliphatic carbocycles. The number of nitrogens with zero attached hydrogens (tertiary/aromatic N) is 1. The summed E-state index contributed by atoms with van der Waals surface area (Å²) in [5.41, 5.74) is 8.43. The van der Waals surface area contributed by atoms with Gasteiger partial charge in [-0.05, 0) is 40.2 Å². The largest absolute Gasteiger partial charge is 0.434 e. The van der Waals surface area contributed by atoms with Gasteiger partial charge in [-0.15, -0.1) is 0 Å². The number of aromatic nitrogens is 1. The molecule has 0 aliphatic heterocycles. The third-order valence-electron chi connectivity index (χ3n) is 2.67. The highest BCUT2D eigenvalue weighted by Gasteiger charge is 2.15. The Balaban J connectivity index is 2.26. The fraction of sp³-hybridized carbons (Fsp3) is 0. The van der Waals surface area contributed by atoms with Gasteiger partial charge in [0.25, 0.3) is 0 Å². The third kappa shape index (κ3) is 2.26. The predicted octanol–water partition coefficient (Wildman–Crippen LogP) is 5.26. The minimum Gasteiger partial charge on any atom is -0.434 e. The lowest BCUT2D eigenvalue weighted by molar-refractivity contribution is 0.621. The van der Waals surface area contributed by atoms with E-state index in [0.717, 1.165) is 14.5 Å². The molecule has 0 saturated heterocycles. The molecule has 0 aliphatic rings. The number of fused-ring (bicyclic) bond motifs is 1. The van der Waals surface area contributed by atoms with E-state index in [2.05, 4.69) is 36.8 Å². The molecule has 19 heavy (non-hydrogen) atoms. The van der Waals surface area contributed by atoms with Gasteiger partial charge in [-0.1, -0.05) is 33.6 Å². The third-order valence-corrected chi connectivity index (χ3v) is 4.42. The van der Waals surface area contributed by atoms with Crippen LogP contribution in [0.15, 0.2) is 43.7 Å². The lowest BCUT2D eigenvalue weighted by atomic mass is 10.2. The van der Waals surface area contributed by atoms with Gasteiger partial charge in [0, 0.05) is 8.95 Å². The summed E-state index contributed by atoms with van der Waals surface area (Å²) in [5, 5.41) is 0.562. The first-order valence-electron chi connectivity index (χ1n) is 5.36. The van der Waals surface area contributed by atoms with Gasteiger partial charge >= 0.3 is 0 Å². The van der Waals surface area contributed by atoms with Crippen molar-refractivity contribution < 1.29 is 4.42 Å². The number of anilines is 1. The maximum Gasteiger partial charge on any atom is 0.228 e. The SMILES string of the molecule is Nc1cc(Br)cc2nc(-c3cccc(Br)c3Cl)oc12. The van der Waals surface area contributed by atoms with E-state index >= 15 is 0 Å². The lowest BCUT2D eigenvalue weighted by Crippen LogP contribution is -1.84. The van der Waals surface area contributed by atoms with E-state index in [1.165, 1.54) is 0 Å². The monoisotopic (exact) mass is 400 g/mol. The van der Waals surface area contributed by atoms with Gasteiger partial charge in [0.15, 0.2) is 5.58 Å². The number of hydrogen-bond acceptors (Lipinski definition) is 3. The summed E-state index contributed by atoms with van der Waals surface area (Å²) in [6.07, 6.45) is 0. The fourth-order valence-electron chi connectivity index (χ4n) is 1.81. The molecule has 1 aromatic heterocycles. The molecule has 0 fully saturated rings. The molecule has 0 radical (unpaired) electrons. The summed E-state index contributed by atoms with van der Waals surface area (Å²) in [5.74, 6) is 0.450. The summed E-state index contributed by atoms with van der Waals surface area (Å²) < 4.78 is 7.37. The van der Waals surface area contributed by atoms with Crippen molar-refractivity contribution in [3.05, 3.63) is 44.3 Å². The molecule has 0 bridgehead atoms. The van der Waals surface area contributed by atoms with Crippen molar-refractivity contribution in [3.8, 4) is 11.5 Å². The van der Waals surface area contributed by atoms with Crippen molar-refractivity contribution in [2.45, 2.75) is 0 Å². The van der Waals surface area contributed by atoms with Crippen LogP contribution in [0, 0.1) is 0 Å². The minimum absolute atomic E-state index is 0.450. The van der Waals surface area contributed by atoms with Gasteiger partial charge in [0.1, 0.15) is 5.52 Å².